The Morgan fingerprint density at radius 2 is 1.64 bits per heavy atom. The maximum Gasteiger partial charge on any atom is 0.253 e. The summed E-state index contributed by atoms with van der Waals surface area (Å²) in [7, 11) is 0. The summed E-state index contributed by atoms with van der Waals surface area (Å²) in [6, 6.07) is 17.2. The number of benzene rings is 2. The topological polar surface area (TPSA) is 49.4 Å². The number of nitrogens with one attached hydrogen (secondary N) is 1. The van der Waals surface area contributed by atoms with E-state index in [2.05, 4.69) is 5.32 Å². The first-order valence-corrected chi connectivity index (χ1v) is 9.58. The van der Waals surface area contributed by atoms with Crippen LogP contribution in [0.5, 0.6) is 0 Å². The Balaban J connectivity index is 1.46. The fourth-order valence-electron chi connectivity index (χ4n) is 2.80. The fraction of sp³-hybridized carbons (Fsp3) is 0.300. The van der Waals surface area contributed by atoms with E-state index in [9.17, 15) is 9.59 Å². The molecular formula is C20H22N2O2S. The Labute approximate surface area is 152 Å². The summed E-state index contributed by atoms with van der Waals surface area (Å²) in [5, 5.41) is 2.89. The Morgan fingerprint density at radius 1 is 0.960 bits per heavy atom. The van der Waals surface area contributed by atoms with Crippen molar-refractivity contribution in [1.82, 2.24) is 4.90 Å². The van der Waals surface area contributed by atoms with E-state index in [0.717, 1.165) is 37.4 Å². The number of carbonyl (C=O) groups is 2. The maximum atomic E-state index is 12.3. The number of thioether (sulfide) groups is 1. The molecule has 1 fully saturated rings. The SMILES string of the molecule is O=C(CCSc1ccccc1)Nc1ccc(C(=O)N2CCCC2)cc1. The van der Waals surface area contributed by atoms with Crippen molar-refractivity contribution in [1.29, 1.82) is 0 Å². The van der Waals surface area contributed by atoms with Gasteiger partial charge in [0.15, 0.2) is 0 Å². The Bertz CT molecular complexity index is 710. The predicted molar refractivity (Wildman–Crippen MR) is 102 cm³/mol. The van der Waals surface area contributed by atoms with Crippen LogP contribution in [0.2, 0.25) is 0 Å². The van der Waals surface area contributed by atoms with Crippen LogP contribution < -0.4 is 5.32 Å². The highest BCUT2D eigenvalue weighted by Crippen LogP contribution is 2.19. The van der Waals surface area contributed by atoms with Gasteiger partial charge < -0.3 is 10.2 Å². The van der Waals surface area contributed by atoms with Crippen LogP contribution in [-0.2, 0) is 4.79 Å². The molecular weight excluding hydrogens is 332 g/mol. The second-order valence-corrected chi connectivity index (χ2v) is 7.20. The van der Waals surface area contributed by atoms with Gasteiger partial charge in [0.05, 0.1) is 0 Å². The van der Waals surface area contributed by atoms with Gasteiger partial charge in [0.25, 0.3) is 5.91 Å². The summed E-state index contributed by atoms with van der Waals surface area (Å²) < 4.78 is 0. The van der Waals surface area contributed by atoms with Crippen molar-refractivity contribution in [2.75, 3.05) is 24.2 Å². The minimum atomic E-state index is -0.0120. The molecule has 1 aliphatic heterocycles. The third kappa shape index (κ3) is 5.10. The molecule has 0 saturated carbocycles. The molecule has 130 valence electrons. The van der Waals surface area contributed by atoms with Crippen LogP contribution in [0.3, 0.4) is 0 Å². The fourth-order valence-corrected chi connectivity index (χ4v) is 3.67. The van der Waals surface area contributed by atoms with E-state index in [4.69, 9.17) is 0 Å². The third-order valence-electron chi connectivity index (χ3n) is 4.15. The van der Waals surface area contributed by atoms with Gasteiger partial charge in [0.1, 0.15) is 0 Å². The molecule has 0 spiro atoms. The van der Waals surface area contributed by atoms with Crippen LogP contribution in [0.4, 0.5) is 5.69 Å². The van der Waals surface area contributed by atoms with Crippen LogP contribution in [0, 0.1) is 0 Å². The van der Waals surface area contributed by atoms with Crippen LogP contribution in [-0.4, -0.2) is 35.6 Å². The van der Waals surface area contributed by atoms with E-state index < -0.39 is 0 Å². The van der Waals surface area contributed by atoms with E-state index >= 15 is 0 Å². The molecule has 5 heteroatoms. The molecule has 1 N–H and O–H groups in total. The minimum Gasteiger partial charge on any atom is -0.339 e. The molecule has 0 aliphatic carbocycles. The van der Waals surface area contributed by atoms with Crippen molar-refractivity contribution >= 4 is 29.3 Å². The third-order valence-corrected chi connectivity index (χ3v) is 5.16. The summed E-state index contributed by atoms with van der Waals surface area (Å²) in [6.07, 6.45) is 2.62. The standard InChI is InChI=1S/C20H22N2O2S/c23-19(12-15-25-18-6-2-1-3-7-18)21-17-10-8-16(9-11-17)20(24)22-13-4-5-14-22/h1-3,6-11H,4-5,12-15H2,(H,21,23). The zero-order chi connectivity index (χ0) is 17.5. The molecule has 1 saturated heterocycles. The second kappa shape index (κ2) is 8.72. The van der Waals surface area contributed by atoms with Gasteiger partial charge in [-0.05, 0) is 49.2 Å². The molecule has 0 bridgehead atoms. The molecule has 1 aliphatic rings. The lowest BCUT2D eigenvalue weighted by atomic mass is 10.2. The average molecular weight is 354 g/mol. The smallest absolute Gasteiger partial charge is 0.253 e. The summed E-state index contributed by atoms with van der Waals surface area (Å²) in [4.78, 5) is 27.4. The largest absolute Gasteiger partial charge is 0.339 e. The predicted octanol–water partition coefficient (Wildman–Crippen LogP) is 4.04. The van der Waals surface area contributed by atoms with E-state index in [0.29, 0.717) is 12.0 Å². The van der Waals surface area contributed by atoms with Gasteiger partial charge in [-0.1, -0.05) is 18.2 Å². The van der Waals surface area contributed by atoms with Crippen LogP contribution >= 0.6 is 11.8 Å². The monoisotopic (exact) mass is 354 g/mol. The molecule has 3 rings (SSSR count). The van der Waals surface area contributed by atoms with Gasteiger partial charge in [0, 0.05) is 41.4 Å². The first kappa shape index (κ1) is 17.5. The van der Waals surface area contributed by atoms with E-state index in [1.807, 2.05) is 35.2 Å². The van der Waals surface area contributed by atoms with Crippen molar-refractivity contribution in [3.63, 3.8) is 0 Å². The molecule has 0 aromatic heterocycles. The Morgan fingerprint density at radius 3 is 2.32 bits per heavy atom. The molecule has 2 aromatic rings. The van der Waals surface area contributed by atoms with E-state index in [1.54, 1.807) is 36.0 Å². The first-order chi connectivity index (χ1) is 12.2. The van der Waals surface area contributed by atoms with Crippen LogP contribution in [0.25, 0.3) is 0 Å². The average Bonchev–Trinajstić information content (AvgIpc) is 3.17. The lowest BCUT2D eigenvalue weighted by Gasteiger charge is -2.15. The number of rotatable bonds is 6. The van der Waals surface area contributed by atoms with Crippen molar-refractivity contribution in [2.45, 2.75) is 24.2 Å². The zero-order valence-corrected chi connectivity index (χ0v) is 14.9. The van der Waals surface area contributed by atoms with Crippen molar-refractivity contribution in [3.8, 4) is 0 Å². The lowest BCUT2D eigenvalue weighted by Crippen LogP contribution is -2.27. The minimum absolute atomic E-state index is 0.0120. The second-order valence-electron chi connectivity index (χ2n) is 6.04. The van der Waals surface area contributed by atoms with Gasteiger partial charge in [-0.3, -0.25) is 9.59 Å². The molecule has 25 heavy (non-hydrogen) atoms. The summed E-state index contributed by atoms with van der Waals surface area (Å²) in [6.45, 7) is 1.69. The van der Waals surface area contributed by atoms with Crippen molar-refractivity contribution < 1.29 is 9.59 Å². The molecule has 2 amide bonds. The molecule has 0 radical (unpaired) electrons. The first-order valence-electron chi connectivity index (χ1n) is 8.59. The summed E-state index contributed by atoms with van der Waals surface area (Å²) >= 11 is 1.67. The highest BCUT2D eigenvalue weighted by atomic mass is 32.2. The maximum absolute atomic E-state index is 12.3. The normalized spacial score (nSPS) is 13.7. The molecule has 0 atom stereocenters. The number of carbonyl (C=O) groups excluding carboxylic acids is 2. The lowest BCUT2D eigenvalue weighted by molar-refractivity contribution is -0.115. The van der Waals surface area contributed by atoms with Gasteiger partial charge in [0.2, 0.25) is 5.91 Å². The number of likely N-dealkylation sites (tertiary alicyclic amines) is 1. The Hall–Kier alpha value is -2.27. The summed E-state index contributed by atoms with van der Waals surface area (Å²) in [5.41, 5.74) is 1.41. The molecule has 1 heterocycles. The van der Waals surface area contributed by atoms with Crippen LogP contribution in [0.15, 0.2) is 59.5 Å². The Kier molecular flexibility index (Phi) is 6.12. The highest BCUT2D eigenvalue weighted by Gasteiger charge is 2.19. The van der Waals surface area contributed by atoms with Gasteiger partial charge in [-0.15, -0.1) is 11.8 Å². The molecule has 4 nitrogen and oxygen atoms in total. The van der Waals surface area contributed by atoms with E-state index in [-0.39, 0.29) is 11.8 Å². The zero-order valence-electron chi connectivity index (χ0n) is 14.1. The van der Waals surface area contributed by atoms with Gasteiger partial charge in [-0.2, -0.15) is 0 Å². The molecule has 2 aromatic carbocycles. The van der Waals surface area contributed by atoms with Crippen molar-refractivity contribution in [2.24, 2.45) is 0 Å². The molecule has 0 unspecified atom stereocenters. The number of anilines is 1. The number of hydrogen-bond donors (Lipinski definition) is 1. The highest BCUT2D eigenvalue weighted by molar-refractivity contribution is 7.99. The van der Waals surface area contributed by atoms with Gasteiger partial charge in [-0.25, -0.2) is 0 Å². The van der Waals surface area contributed by atoms with Gasteiger partial charge >= 0.3 is 0 Å². The van der Waals surface area contributed by atoms with Crippen LogP contribution in [0.1, 0.15) is 29.6 Å². The van der Waals surface area contributed by atoms with Crippen molar-refractivity contribution in [3.05, 3.63) is 60.2 Å². The quantitative estimate of drug-likeness (QED) is 0.797. The number of amides is 2. The number of hydrogen-bond acceptors (Lipinski definition) is 3. The van der Waals surface area contributed by atoms with E-state index in [1.165, 1.54) is 4.90 Å². The summed E-state index contributed by atoms with van der Waals surface area (Å²) in [5.74, 6) is 0.804. The number of nitrogens with zero attached hydrogens (tertiary/aromatic N) is 1.